The zero-order valence-electron chi connectivity index (χ0n) is 10.1. The van der Waals surface area contributed by atoms with Crippen molar-refractivity contribution in [1.82, 2.24) is 5.32 Å². The van der Waals surface area contributed by atoms with Gasteiger partial charge in [0, 0.05) is 16.6 Å². The molecule has 0 saturated heterocycles. The van der Waals surface area contributed by atoms with Gasteiger partial charge in [-0.15, -0.1) is 12.4 Å². The standard InChI is InChI=1S/C12H17Br2NO.ClH/c1-3-4-5-15-8-9-6-10(13)7-11(14)12(9)16-2;/h6-7,15H,3-5,8H2,1-2H3;1H. The van der Waals surface area contributed by atoms with E-state index in [9.17, 15) is 0 Å². The van der Waals surface area contributed by atoms with Gasteiger partial charge in [0.25, 0.3) is 0 Å². The number of nitrogens with one attached hydrogen (secondary N) is 1. The first-order valence-electron chi connectivity index (χ1n) is 5.41. The molecule has 17 heavy (non-hydrogen) atoms. The van der Waals surface area contributed by atoms with E-state index >= 15 is 0 Å². The summed E-state index contributed by atoms with van der Waals surface area (Å²) in [6.45, 7) is 4.07. The van der Waals surface area contributed by atoms with Crippen LogP contribution >= 0.6 is 44.3 Å². The van der Waals surface area contributed by atoms with Crippen molar-refractivity contribution >= 4 is 44.3 Å². The van der Waals surface area contributed by atoms with Crippen LogP contribution in [0, 0.1) is 0 Å². The van der Waals surface area contributed by atoms with Gasteiger partial charge in [0.15, 0.2) is 0 Å². The lowest BCUT2D eigenvalue weighted by atomic mass is 10.2. The Morgan fingerprint density at radius 2 is 2.00 bits per heavy atom. The molecule has 0 radical (unpaired) electrons. The van der Waals surface area contributed by atoms with Crippen LogP contribution in [0.2, 0.25) is 0 Å². The first-order chi connectivity index (χ1) is 7.69. The highest BCUT2D eigenvalue weighted by atomic mass is 79.9. The van der Waals surface area contributed by atoms with Crippen LogP contribution in [-0.4, -0.2) is 13.7 Å². The van der Waals surface area contributed by atoms with Crippen LogP contribution in [0.5, 0.6) is 5.75 Å². The molecule has 0 unspecified atom stereocenters. The molecule has 1 rings (SSSR count). The minimum atomic E-state index is 0. The molecule has 1 aromatic carbocycles. The number of benzene rings is 1. The molecule has 0 atom stereocenters. The van der Waals surface area contributed by atoms with Crippen LogP contribution < -0.4 is 10.1 Å². The topological polar surface area (TPSA) is 21.3 Å². The van der Waals surface area contributed by atoms with E-state index in [-0.39, 0.29) is 12.4 Å². The van der Waals surface area contributed by atoms with Gasteiger partial charge < -0.3 is 10.1 Å². The normalized spacial score (nSPS) is 9.88. The second kappa shape index (κ2) is 9.20. The van der Waals surface area contributed by atoms with E-state index in [2.05, 4.69) is 50.2 Å². The summed E-state index contributed by atoms with van der Waals surface area (Å²) in [4.78, 5) is 0. The Balaban J connectivity index is 0.00000256. The van der Waals surface area contributed by atoms with Gasteiger partial charge in [0.2, 0.25) is 0 Å². The number of ether oxygens (including phenoxy) is 1. The van der Waals surface area contributed by atoms with Crippen molar-refractivity contribution in [2.45, 2.75) is 26.3 Å². The van der Waals surface area contributed by atoms with Crippen LogP contribution in [0.4, 0.5) is 0 Å². The second-order valence-corrected chi connectivity index (χ2v) is 5.38. The van der Waals surface area contributed by atoms with Gasteiger partial charge >= 0.3 is 0 Å². The third kappa shape index (κ3) is 5.60. The summed E-state index contributed by atoms with van der Waals surface area (Å²) < 4.78 is 7.43. The summed E-state index contributed by atoms with van der Waals surface area (Å²) in [6.07, 6.45) is 2.42. The van der Waals surface area contributed by atoms with E-state index in [1.165, 1.54) is 18.4 Å². The summed E-state index contributed by atoms with van der Waals surface area (Å²) in [5.74, 6) is 0.909. The first-order valence-corrected chi connectivity index (χ1v) is 7.00. The predicted octanol–water partition coefficient (Wildman–Crippen LogP) is 4.53. The Bertz CT molecular complexity index is 348. The zero-order chi connectivity index (χ0) is 12.0. The maximum absolute atomic E-state index is 5.38. The SMILES string of the molecule is CCCCNCc1cc(Br)cc(Br)c1OC.Cl. The molecule has 0 saturated carbocycles. The maximum atomic E-state index is 5.38. The first kappa shape index (κ1) is 17.2. The van der Waals surface area contributed by atoms with Crippen molar-refractivity contribution in [3.05, 3.63) is 26.6 Å². The van der Waals surface area contributed by atoms with Crippen molar-refractivity contribution in [2.75, 3.05) is 13.7 Å². The molecule has 0 fully saturated rings. The average Bonchev–Trinajstić information content (AvgIpc) is 2.24. The van der Waals surface area contributed by atoms with E-state index in [0.717, 1.165) is 27.8 Å². The Labute approximate surface area is 126 Å². The number of hydrogen-bond acceptors (Lipinski definition) is 2. The molecule has 1 N–H and O–H groups in total. The maximum Gasteiger partial charge on any atom is 0.137 e. The Kier molecular flexibility index (Phi) is 9.32. The van der Waals surface area contributed by atoms with Crippen LogP contribution in [0.25, 0.3) is 0 Å². The molecule has 0 heterocycles. The molecule has 0 amide bonds. The largest absolute Gasteiger partial charge is 0.495 e. The van der Waals surface area contributed by atoms with E-state index < -0.39 is 0 Å². The molecule has 0 aromatic heterocycles. The van der Waals surface area contributed by atoms with Gasteiger partial charge in [-0.1, -0.05) is 29.3 Å². The van der Waals surface area contributed by atoms with E-state index in [4.69, 9.17) is 4.74 Å². The highest BCUT2D eigenvalue weighted by molar-refractivity contribution is 9.11. The predicted molar refractivity (Wildman–Crippen MR) is 82.3 cm³/mol. The summed E-state index contributed by atoms with van der Waals surface area (Å²) in [7, 11) is 1.70. The minimum Gasteiger partial charge on any atom is -0.495 e. The van der Waals surface area contributed by atoms with Crippen molar-refractivity contribution in [2.24, 2.45) is 0 Å². The lowest BCUT2D eigenvalue weighted by Crippen LogP contribution is -2.15. The molecule has 5 heteroatoms. The fraction of sp³-hybridized carbons (Fsp3) is 0.500. The van der Waals surface area contributed by atoms with Gasteiger partial charge in [-0.3, -0.25) is 0 Å². The Hall–Kier alpha value is 0.230. The molecule has 0 bridgehead atoms. The smallest absolute Gasteiger partial charge is 0.137 e. The third-order valence-electron chi connectivity index (χ3n) is 2.31. The number of rotatable bonds is 6. The lowest BCUT2D eigenvalue weighted by Gasteiger charge is -2.12. The van der Waals surface area contributed by atoms with Crippen LogP contribution in [0.1, 0.15) is 25.3 Å². The second-order valence-electron chi connectivity index (χ2n) is 3.61. The van der Waals surface area contributed by atoms with Gasteiger partial charge in [-0.05, 0) is 41.0 Å². The summed E-state index contributed by atoms with van der Waals surface area (Å²) in [5, 5.41) is 3.41. The Morgan fingerprint density at radius 3 is 2.59 bits per heavy atom. The van der Waals surface area contributed by atoms with E-state index in [1.807, 2.05) is 6.07 Å². The zero-order valence-corrected chi connectivity index (χ0v) is 14.0. The van der Waals surface area contributed by atoms with Crippen LogP contribution in [-0.2, 0) is 6.54 Å². The number of unbranched alkanes of at least 4 members (excludes halogenated alkanes) is 1. The van der Waals surface area contributed by atoms with Crippen molar-refractivity contribution in [3.8, 4) is 5.75 Å². The molecular formula is C12H18Br2ClNO. The fourth-order valence-electron chi connectivity index (χ4n) is 1.50. The minimum absolute atomic E-state index is 0. The molecule has 0 aliphatic rings. The highest BCUT2D eigenvalue weighted by Gasteiger charge is 2.08. The van der Waals surface area contributed by atoms with Crippen LogP contribution in [0.15, 0.2) is 21.1 Å². The van der Waals surface area contributed by atoms with Crippen LogP contribution in [0.3, 0.4) is 0 Å². The molecule has 98 valence electrons. The lowest BCUT2D eigenvalue weighted by molar-refractivity contribution is 0.405. The molecule has 0 aliphatic heterocycles. The van der Waals surface area contributed by atoms with Gasteiger partial charge in [0.1, 0.15) is 5.75 Å². The molecular weight excluding hydrogens is 369 g/mol. The summed E-state index contributed by atoms with van der Waals surface area (Å²) in [5.41, 5.74) is 1.17. The van der Waals surface area contributed by atoms with Crippen molar-refractivity contribution < 1.29 is 4.74 Å². The van der Waals surface area contributed by atoms with Gasteiger partial charge in [0.05, 0.1) is 11.6 Å². The summed E-state index contributed by atoms with van der Waals surface area (Å²) >= 11 is 6.98. The molecule has 0 spiro atoms. The van der Waals surface area contributed by atoms with Crippen molar-refractivity contribution in [3.63, 3.8) is 0 Å². The number of halogens is 3. The molecule has 2 nitrogen and oxygen atoms in total. The average molecular weight is 388 g/mol. The highest BCUT2D eigenvalue weighted by Crippen LogP contribution is 2.32. The monoisotopic (exact) mass is 385 g/mol. The molecule has 0 aliphatic carbocycles. The summed E-state index contributed by atoms with van der Waals surface area (Å²) in [6, 6.07) is 4.08. The van der Waals surface area contributed by atoms with Gasteiger partial charge in [-0.25, -0.2) is 0 Å². The van der Waals surface area contributed by atoms with Crippen molar-refractivity contribution in [1.29, 1.82) is 0 Å². The molecule has 1 aromatic rings. The quantitative estimate of drug-likeness (QED) is 0.724. The number of methoxy groups -OCH3 is 1. The third-order valence-corrected chi connectivity index (χ3v) is 3.36. The van der Waals surface area contributed by atoms with Gasteiger partial charge in [-0.2, -0.15) is 0 Å². The Morgan fingerprint density at radius 1 is 1.29 bits per heavy atom. The van der Waals surface area contributed by atoms with E-state index in [0.29, 0.717) is 0 Å². The van der Waals surface area contributed by atoms with E-state index in [1.54, 1.807) is 7.11 Å². The fourth-order valence-corrected chi connectivity index (χ4v) is 2.97. The number of hydrogen-bond donors (Lipinski definition) is 1.